The van der Waals surface area contributed by atoms with Crippen molar-refractivity contribution in [2.24, 2.45) is 0 Å². The van der Waals surface area contributed by atoms with E-state index in [1.807, 2.05) is 26.8 Å². The van der Waals surface area contributed by atoms with Crippen molar-refractivity contribution < 1.29 is 11.0 Å². The summed E-state index contributed by atoms with van der Waals surface area (Å²) in [4.78, 5) is 8.25. The van der Waals surface area contributed by atoms with Crippen LogP contribution in [0.25, 0.3) is 0 Å². The zero-order valence-electron chi connectivity index (χ0n) is 6.97. The van der Waals surface area contributed by atoms with Crippen LogP contribution in [0.15, 0.2) is 6.07 Å². The molecule has 4 heteroatoms. The Labute approximate surface area is 65.9 Å². The molecule has 0 saturated carbocycles. The van der Waals surface area contributed by atoms with Crippen LogP contribution < -0.4 is 0 Å². The number of rotatable bonds is 0. The Morgan fingerprint density at radius 2 is 1.27 bits per heavy atom. The van der Waals surface area contributed by atoms with Gasteiger partial charge in [0.25, 0.3) is 0 Å². The number of nitrogens with zero attached hydrogens (tertiary/aromatic N) is 2. The summed E-state index contributed by atoms with van der Waals surface area (Å²) in [5.41, 5.74) is 2.08. The fourth-order valence-corrected chi connectivity index (χ4v) is 0.902. The third-order valence-corrected chi connectivity index (χ3v) is 1.09. The fourth-order valence-electron chi connectivity index (χ4n) is 0.902. The molecule has 1 rings (SSSR count). The molecule has 0 saturated heterocycles. The summed E-state index contributed by atoms with van der Waals surface area (Å²) in [6.45, 7) is 5.85. The third-order valence-electron chi connectivity index (χ3n) is 1.09. The maximum atomic E-state index is 4.12. The van der Waals surface area contributed by atoms with Crippen molar-refractivity contribution in [1.29, 1.82) is 0 Å². The maximum absolute atomic E-state index is 4.12. The van der Waals surface area contributed by atoms with Crippen molar-refractivity contribution in [2.45, 2.75) is 20.8 Å². The molecular formula is C7H14N2O2. The van der Waals surface area contributed by atoms with E-state index >= 15 is 0 Å². The second kappa shape index (κ2) is 4.76. The van der Waals surface area contributed by atoms with Crippen LogP contribution in [-0.2, 0) is 0 Å². The molecule has 0 fully saturated rings. The lowest BCUT2D eigenvalue weighted by Gasteiger charge is -1.95. The lowest BCUT2D eigenvalue weighted by atomic mass is 10.3. The van der Waals surface area contributed by atoms with Gasteiger partial charge in [-0.05, 0) is 26.8 Å². The highest BCUT2D eigenvalue weighted by Gasteiger charge is 1.90. The fraction of sp³-hybridized carbons (Fsp3) is 0.429. The van der Waals surface area contributed by atoms with Crippen molar-refractivity contribution in [3.8, 4) is 0 Å². The first-order valence-electron chi connectivity index (χ1n) is 2.97. The highest BCUT2D eigenvalue weighted by molar-refractivity contribution is 5.07. The van der Waals surface area contributed by atoms with Gasteiger partial charge < -0.3 is 11.0 Å². The molecule has 0 aromatic carbocycles. The normalized spacial score (nSPS) is 7.91. The van der Waals surface area contributed by atoms with E-state index in [-0.39, 0.29) is 11.0 Å². The van der Waals surface area contributed by atoms with Crippen molar-refractivity contribution in [3.05, 3.63) is 23.3 Å². The molecule has 0 aliphatic rings. The Morgan fingerprint density at radius 1 is 0.909 bits per heavy atom. The first-order valence-corrected chi connectivity index (χ1v) is 2.97. The van der Waals surface area contributed by atoms with Gasteiger partial charge in [-0.3, -0.25) is 0 Å². The van der Waals surface area contributed by atoms with Crippen LogP contribution in [0.5, 0.6) is 0 Å². The minimum absolute atomic E-state index is 0. The molecule has 1 heterocycles. The summed E-state index contributed by atoms with van der Waals surface area (Å²) < 4.78 is 0. The second-order valence-corrected chi connectivity index (χ2v) is 2.20. The highest BCUT2D eigenvalue weighted by atomic mass is 16.0. The molecule has 0 unspecified atom stereocenters. The maximum Gasteiger partial charge on any atom is 0.125 e. The molecule has 0 radical (unpaired) electrons. The lowest BCUT2D eigenvalue weighted by Crippen LogP contribution is -1.91. The minimum Gasteiger partial charge on any atom is -0.412 e. The van der Waals surface area contributed by atoms with Crippen molar-refractivity contribution >= 4 is 0 Å². The molecule has 11 heavy (non-hydrogen) atoms. The third kappa shape index (κ3) is 3.64. The van der Waals surface area contributed by atoms with Gasteiger partial charge in [0.05, 0.1) is 0 Å². The predicted molar refractivity (Wildman–Crippen MR) is 43.5 cm³/mol. The van der Waals surface area contributed by atoms with Crippen LogP contribution in [-0.4, -0.2) is 20.9 Å². The molecule has 1 aromatic rings. The van der Waals surface area contributed by atoms with Crippen LogP contribution in [0.1, 0.15) is 17.2 Å². The number of hydrogen-bond acceptors (Lipinski definition) is 2. The van der Waals surface area contributed by atoms with E-state index in [1.54, 1.807) is 0 Å². The van der Waals surface area contributed by atoms with Gasteiger partial charge in [-0.1, -0.05) is 0 Å². The molecule has 0 spiro atoms. The Hall–Kier alpha value is -1.00. The number of aromatic nitrogens is 2. The van der Waals surface area contributed by atoms with E-state index < -0.39 is 0 Å². The molecular weight excluding hydrogens is 144 g/mol. The standard InChI is InChI=1S/C7H10N2.2H2O/c1-5-4-6(2)9-7(3)8-5;;/h4H,1-3H3;2*1H2. The molecule has 0 bridgehead atoms. The summed E-state index contributed by atoms with van der Waals surface area (Å²) in [6, 6.07) is 1.97. The molecule has 4 nitrogen and oxygen atoms in total. The van der Waals surface area contributed by atoms with Crippen molar-refractivity contribution in [1.82, 2.24) is 9.97 Å². The van der Waals surface area contributed by atoms with E-state index in [2.05, 4.69) is 9.97 Å². The molecule has 4 N–H and O–H groups in total. The first-order chi connectivity index (χ1) is 4.18. The van der Waals surface area contributed by atoms with Gasteiger partial charge in [-0.15, -0.1) is 0 Å². The molecule has 1 aromatic heterocycles. The largest absolute Gasteiger partial charge is 0.412 e. The van der Waals surface area contributed by atoms with Crippen LogP contribution in [0.2, 0.25) is 0 Å². The number of hydrogen-bond donors (Lipinski definition) is 0. The summed E-state index contributed by atoms with van der Waals surface area (Å²) >= 11 is 0. The molecule has 0 amide bonds. The van der Waals surface area contributed by atoms with E-state index in [9.17, 15) is 0 Å². The lowest BCUT2D eigenvalue weighted by molar-refractivity contribution is 0.823. The predicted octanol–water partition coefficient (Wildman–Crippen LogP) is -0.248. The SMILES string of the molecule is Cc1cc(C)nc(C)n1.O.O. The first kappa shape index (κ1) is 12.7. The van der Waals surface area contributed by atoms with Crippen LogP contribution in [0, 0.1) is 20.8 Å². The molecule has 0 atom stereocenters. The zero-order valence-corrected chi connectivity index (χ0v) is 6.97. The van der Waals surface area contributed by atoms with Crippen LogP contribution in [0.3, 0.4) is 0 Å². The molecule has 0 aliphatic heterocycles. The van der Waals surface area contributed by atoms with Gasteiger partial charge >= 0.3 is 0 Å². The van der Waals surface area contributed by atoms with Gasteiger partial charge in [-0.2, -0.15) is 0 Å². The second-order valence-electron chi connectivity index (χ2n) is 2.20. The Balaban J connectivity index is 0. The van der Waals surface area contributed by atoms with Gasteiger partial charge in [0.1, 0.15) is 5.82 Å². The zero-order chi connectivity index (χ0) is 6.85. The minimum atomic E-state index is 0. The summed E-state index contributed by atoms with van der Waals surface area (Å²) in [7, 11) is 0. The summed E-state index contributed by atoms with van der Waals surface area (Å²) in [5.74, 6) is 0.854. The quantitative estimate of drug-likeness (QED) is 0.521. The average molecular weight is 158 g/mol. The van der Waals surface area contributed by atoms with Gasteiger partial charge in [0.15, 0.2) is 0 Å². The number of aryl methyl sites for hydroxylation is 3. The molecule has 0 aliphatic carbocycles. The summed E-state index contributed by atoms with van der Waals surface area (Å²) in [5, 5.41) is 0. The topological polar surface area (TPSA) is 88.8 Å². The summed E-state index contributed by atoms with van der Waals surface area (Å²) in [6.07, 6.45) is 0. The van der Waals surface area contributed by atoms with Gasteiger partial charge in [-0.25, -0.2) is 9.97 Å². The Bertz CT molecular complexity index is 175. The van der Waals surface area contributed by atoms with Crippen LogP contribution in [0.4, 0.5) is 0 Å². The van der Waals surface area contributed by atoms with Crippen LogP contribution >= 0.6 is 0 Å². The van der Waals surface area contributed by atoms with E-state index in [0.717, 1.165) is 17.2 Å². The van der Waals surface area contributed by atoms with Gasteiger partial charge in [0.2, 0.25) is 0 Å². The average Bonchev–Trinajstić information content (AvgIpc) is 1.59. The highest BCUT2D eigenvalue weighted by Crippen LogP contribution is 1.96. The van der Waals surface area contributed by atoms with E-state index in [4.69, 9.17) is 0 Å². The van der Waals surface area contributed by atoms with Gasteiger partial charge in [0, 0.05) is 11.4 Å². The smallest absolute Gasteiger partial charge is 0.125 e. The van der Waals surface area contributed by atoms with Crippen molar-refractivity contribution in [3.63, 3.8) is 0 Å². The Kier molecular flexibility index (Phi) is 5.48. The monoisotopic (exact) mass is 158 g/mol. The van der Waals surface area contributed by atoms with Crippen molar-refractivity contribution in [2.75, 3.05) is 0 Å². The Morgan fingerprint density at radius 3 is 1.55 bits per heavy atom. The van der Waals surface area contributed by atoms with E-state index in [0.29, 0.717) is 0 Å². The van der Waals surface area contributed by atoms with E-state index in [1.165, 1.54) is 0 Å². The molecule has 64 valence electrons.